The standard InChI is InChI=1S/C18H21N5/c1-19-18(20-2)16-10-8-15(9-11-16)17-13-23(22-21-17)12-14-6-4-3-5-7-14/h3-11,13,18-20H,12H2,1-2H3. The average molecular weight is 307 g/mol. The van der Waals surface area contributed by atoms with Crippen LogP contribution in [0.15, 0.2) is 60.8 Å². The highest BCUT2D eigenvalue weighted by Crippen LogP contribution is 2.19. The fraction of sp³-hybridized carbons (Fsp3) is 0.222. The molecule has 1 heterocycles. The van der Waals surface area contributed by atoms with Gasteiger partial charge in [-0.2, -0.15) is 0 Å². The first kappa shape index (κ1) is 15.4. The molecule has 0 radical (unpaired) electrons. The molecule has 0 saturated carbocycles. The number of hydrogen-bond donors (Lipinski definition) is 2. The van der Waals surface area contributed by atoms with E-state index in [1.54, 1.807) is 0 Å². The second kappa shape index (κ2) is 7.17. The number of nitrogens with zero attached hydrogens (tertiary/aromatic N) is 3. The molecule has 0 saturated heterocycles. The Morgan fingerprint density at radius 1 is 0.957 bits per heavy atom. The third-order valence-electron chi connectivity index (χ3n) is 3.84. The van der Waals surface area contributed by atoms with Crippen LogP contribution in [0.2, 0.25) is 0 Å². The number of hydrogen-bond acceptors (Lipinski definition) is 4. The summed E-state index contributed by atoms with van der Waals surface area (Å²) in [5.41, 5.74) is 4.36. The Labute approximate surface area is 136 Å². The predicted octanol–water partition coefficient (Wildman–Crippen LogP) is 2.43. The summed E-state index contributed by atoms with van der Waals surface area (Å²) in [4.78, 5) is 0. The van der Waals surface area contributed by atoms with Crippen molar-refractivity contribution >= 4 is 0 Å². The van der Waals surface area contributed by atoms with Crippen LogP contribution in [0.5, 0.6) is 0 Å². The molecule has 0 aliphatic heterocycles. The van der Waals surface area contributed by atoms with Crippen LogP contribution in [0.3, 0.4) is 0 Å². The number of aromatic nitrogens is 3. The Morgan fingerprint density at radius 3 is 2.30 bits per heavy atom. The van der Waals surface area contributed by atoms with E-state index in [9.17, 15) is 0 Å². The van der Waals surface area contributed by atoms with Gasteiger partial charge >= 0.3 is 0 Å². The lowest BCUT2D eigenvalue weighted by molar-refractivity contribution is 0.520. The van der Waals surface area contributed by atoms with Gasteiger partial charge in [0, 0.05) is 5.56 Å². The molecule has 1 aromatic heterocycles. The van der Waals surface area contributed by atoms with Crippen molar-refractivity contribution in [2.45, 2.75) is 12.7 Å². The van der Waals surface area contributed by atoms with Crippen molar-refractivity contribution in [3.63, 3.8) is 0 Å². The summed E-state index contributed by atoms with van der Waals surface area (Å²) in [6.45, 7) is 0.730. The van der Waals surface area contributed by atoms with E-state index in [1.807, 2.05) is 43.2 Å². The van der Waals surface area contributed by atoms with Crippen molar-refractivity contribution < 1.29 is 0 Å². The number of nitrogens with one attached hydrogen (secondary N) is 2. The third kappa shape index (κ3) is 3.64. The molecule has 0 spiro atoms. The molecule has 0 aliphatic carbocycles. The molecule has 5 nitrogen and oxygen atoms in total. The second-order valence-corrected chi connectivity index (χ2v) is 5.42. The van der Waals surface area contributed by atoms with Crippen LogP contribution in [0, 0.1) is 0 Å². The molecular weight excluding hydrogens is 286 g/mol. The number of benzene rings is 2. The van der Waals surface area contributed by atoms with Gasteiger partial charge in [0.15, 0.2) is 0 Å². The van der Waals surface area contributed by atoms with E-state index in [1.165, 1.54) is 11.1 Å². The summed E-state index contributed by atoms with van der Waals surface area (Å²) in [5, 5.41) is 14.9. The van der Waals surface area contributed by atoms with Crippen LogP contribution in [-0.4, -0.2) is 29.1 Å². The first-order valence-electron chi connectivity index (χ1n) is 7.69. The second-order valence-electron chi connectivity index (χ2n) is 5.42. The highest BCUT2D eigenvalue weighted by Gasteiger charge is 2.08. The molecule has 0 bridgehead atoms. The van der Waals surface area contributed by atoms with E-state index in [2.05, 4.69) is 57.3 Å². The lowest BCUT2D eigenvalue weighted by atomic mass is 10.1. The zero-order chi connectivity index (χ0) is 16.1. The molecule has 0 fully saturated rings. The summed E-state index contributed by atoms with van der Waals surface area (Å²) in [6, 6.07) is 18.6. The van der Waals surface area contributed by atoms with Crippen molar-refractivity contribution in [3.05, 3.63) is 71.9 Å². The van der Waals surface area contributed by atoms with E-state index in [0.717, 1.165) is 17.8 Å². The minimum absolute atomic E-state index is 0.151. The quantitative estimate of drug-likeness (QED) is 0.687. The first-order valence-corrected chi connectivity index (χ1v) is 7.69. The van der Waals surface area contributed by atoms with Gasteiger partial charge < -0.3 is 10.6 Å². The predicted molar refractivity (Wildman–Crippen MR) is 91.9 cm³/mol. The molecule has 0 amide bonds. The molecule has 3 aromatic rings. The van der Waals surface area contributed by atoms with Gasteiger partial charge in [-0.15, -0.1) is 5.10 Å². The topological polar surface area (TPSA) is 54.8 Å². The summed E-state index contributed by atoms with van der Waals surface area (Å²) < 4.78 is 1.86. The van der Waals surface area contributed by atoms with Gasteiger partial charge in [-0.25, -0.2) is 4.68 Å². The van der Waals surface area contributed by atoms with Crippen molar-refractivity contribution in [2.24, 2.45) is 0 Å². The van der Waals surface area contributed by atoms with Gasteiger partial charge in [0.1, 0.15) is 5.69 Å². The molecule has 2 aromatic carbocycles. The summed E-state index contributed by atoms with van der Waals surface area (Å²) in [7, 11) is 3.87. The molecule has 0 aliphatic rings. The normalized spacial score (nSPS) is 11.1. The Kier molecular flexibility index (Phi) is 4.80. The van der Waals surface area contributed by atoms with Crippen molar-refractivity contribution in [1.29, 1.82) is 0 Å². The number of rotatable bonds is 6. The summed E-state index contributed by atoms with van der Waals surface area (Å²) in [6.07, 6.45) is 2.13. The third-order valence-corrected chi connectivity index (χ3v) is 3.84. The Balaban J connectivity index is 1.75. The van der Waals surface area contributed by atoms with Crippen LogP contribution >= 0.6 is 0 Å². The van der Waals surface area contributed by atoms with Crippen LogP contribution in [0.4, 0.5) is 0 Å². The molecule has 118 valence electrons. The molecule has 23 heavy (non-hydrogen) atoms. The fourth-order valence-electron chi connectivity index (χ4n) is 2.60. The van der Waals surface area contributed by atoms with E-state index >= 15 is 0 Å². The molecule has 3 rings (SSSR count). The van der Waals surface area contributed by atoms with Gasteiger partial charge in [-0.3, -0.25) is 0 Å². The van der Waals surface area contributed by atoms with Gasteiger partial charge in [-0.05, 0) is 25.2 Å². The molecule has 5 heteroatoms. The SMILES string of the molecule is CNC(NC)c1ccc(-c2cn(Cc3ccccc3)nn2)cc1. The van der Waals surface area contributed by atoms with E-state index in [-0.39, 0.29) is 6.17 Å². The van der Waals surface area contributed by atoms with Crippen LogP contribution < -0.4 is 10.6 Å². The maximum Gasteiger partial charge on any atom is 0.113 e. The monoisotopic (exact) mass is 307 g/mol. The fourth-order valence-corrected chi connectivity index (χ4v) is 2.60. The van der Waals surface area contributed by atoms with Crippen molar-refractivity contribution in [3.8, 4) is 11.3 Å². The van der Waals surface area contributed by atoms with Crippen LogP contribution in [0.25, 0.3) is 11.3 Å². The smallest absolute Gasteiger partial charge is 0.113 e. The molecule has 2 N–H and O–H groups in total. The van der Waals surface area contributed by atoms with E-state index in [4.69, 9.17) is 0 Å². The zero-order valence-corrected chi connectivity index (χ0v) is 13.4. The van der Waals surface area contributed by atoms with Gasteiger partial charge in [-0.1, -0.05) is 59.8 Å². The Bertz CT molecular complexity index is 730. The van der Waals surface area contributed by atoms with E-state index < -0.39 is 0 Å². The van der Waals surface area contributed by atoms with Crippen LogP contribution in [-0.2, 0) is 6.54 Å². The van der Waals surface area contributed by atoms with Crippen LogP contribution in [0.1, 0.15) is 17.3 Å². The maximum atomic E-state index is 4.28. The largest absolute Gasteiger partial charge is 0.301 e. The average Bonchev–Trinajstić information content (AvgIpc) is 3.06. The molecule has 0 unspecified atom stereocenters. The molecular formula is C18H21N5. The lowest BCUT2D eigenvalue weighted by Gasteiger charge is -2.15. The molecule has 0 atom stereocenters. The van der Waals surface area contributed by atoms with Gasteiger partial charge in [0.2, 0.25) is 0 Å². The Hall–Kier alpha value is -2.50. The minimum Gasteiger partial charge on any atom is -0.301 e. The lowest BCUT2D eigenvalue weighted by Crippen LogP contribution is -2.28. The highest BCUT2D eigenvalue weighted by molar-refractivity contribution is 5.58. The van der Waals surface area contributed by atoms with Crippen molar-refractivity contribution in [2.75, 3.05) is 14.1 Å². The zero-order valence-electron chi connectivity index (χ0n) is 13.4. The van der Waals surface area contributed by atoms with Crippen molar-refractivity contribution in [1.82, 2.24) is 25.6 Å². The summed E-state index contributed by atoms with van der Waals surface area (Å²) >= 11 is 0. The minimum atomic E-state index is 0.151. The van der Waals surface area contributed by atoms with E-state index in [0.29, 0.717) is 0 Å². The summed E-state index contributed by atoms with van der Waals surface area (Å²) in [5.74, 6) is 0. The van der Waals surface area contributed by atoms with Gasteiger partial charge in [0.25, 0.3) is 0 Å². The Morgan fingerprint density at radius 2 is 1.65 bits per heavy atom. The van der Waals surface area contributed by atoms with Gasteiger partial charge in [0.05, 0.1) is 18.9 Å². The first-order chi connectivity index (χ1) is 11.3. The highest BCUT2D eigenvalue weighted by atomic mass is 15.4. The maximum absolute atomic E-state index is 4.28.